The third-order valence-electron chi connectivity index (χ3n) is 19.3. The van der Waals surface area contributed by atoms with Crippen molar-refractivity contribution >= 4 is 109 Å². The van der Waals surface area contributed by atoms with Gasteiger partial charge >= 0.3 is 0 Å². The van der Waals surface area contributed by atoms with Crippen LogP contribution in [0.4, 0.5) is 0 Å². The molecule has 0 fully saturated rings. The minimum absolute atomic E-state index is 0.920. The van der Waals surface area contributed by atoms with Crippen molar-refractivity contribution in [3.8, 4) is 89.5 Å². The molecule has 0 unspecified atom stereocenters. The van der Waals surface area contributed by atoms with E-state index < -0.39 is 0 Å². The topological polar surface area (TPSA) is 129 Å². The average molecular weight is 1280 g/mol. The molecule has 0 saturated heterocycles. The Labute approximate surface area is 573 Å². The molecule has 0 amide bonds. The Hall–Kier alpha value is -13.7. The van der Waals surface area contributed by atoms with Gasteiger partial charge in [0.25, 0.3) is 0 Å². The molecule has 20 aromatic rings. The van der Waals surface area contributed by atoms with Crippen molar-refractivity contribution in [3.05, 3.63) is 329 Å². The van der Waals surface area contributed by atoms with Crippen LogP contribution in [0, 0.1) is 0 Å². The minimum Gasteiger partial charge on any atom is -0.264 e. The van der Waals surface area contributed by atoms with Gasteiger partial charge in [-0.15, -0.1) is 0 Å². The van der Waals surface area contributed by atoms with Gasteiger partial charge in [-0.2, -0.15) is 0 Å². The van der Waals surface area contributed by atoms with Crippen LogP contribution in [0.3, 0.4) is 0 Å². The van der Waals surface area contributed by atoms with Crippen molar-refractivity contribution in [1.82, 2.24) is 49.8 Å². The van der Waals surface area contributed by atoms with E-state index in [2.05, 4.69) is 291 Å². The molecule has 464 valence electrons. The summed E-state index contributed by atoms with van der Waals surface area (Å²) in [5.41, 5.74) is 24.8. The van der Waals surface area contributed by atoms with Gasteiger partial charge in [0, 0.05) is 126 Å². The number of fused-ring (bicyclic) bond motifs is 12. The molecule has 10 aromatic carbocycles. The van der Waals surface area contributed by atoms with Gasteiger partial charge in [-0.25, -0.2) is 19.9 Å². The van der Waals surface area contributed by atoms with Crippen molar-refractivity contribution in [2.75, 3.05) is 0 Å². The maximum atomic E-state index is 5.10. The third kappa shape index (κ3) is 10.5. The fourth-order valence-corrected chi connectivity index (χ4v) is 14.2. The van der Waals surface area contributed by atoms with E-state index in [4.69, 9.17) is 19.9 Å². The first kappa shape index (κ1) is 57.7. The lowest BCUT2D eigenvalue weighted by molar-refractivity contribution is 1.36. The summed E-state index contributed by atoms with van der Waals surface area (Å²) in [5.74, 6) is 0. The summed E-state index contributed by atoms with van der Waals surface area (Å²) in [6.07, 6.45) is 14.8. The molecular weight excluding hydrogens is 1220 g/mol. The molecule has 0 atom stereocenters. The molecule has 10 heteroatoms. The van der Waals surface area contributed by atoms with E-state index in [1.54, 1.807) is 0 Å². The molecule has 10 heterocycles. The van der Waals surface area contributed by atoms with Gasteiger partial charge < -0.3 is 0 Å². The molecule has 0 saturated carbocycles. The molecule has 0 spiro atoms. The first-order valence-corrected chi connectivity index (χ1v) is 33.3. The predicted octanol–water partition coefficient (Wildman–Crippen LogP) is 22.2. The zero-order valence-electron chi connectivity index (χ0n) is 53.6. The molecule has 0 bridgehead atoms. The van der Waals surface area contributed by atoms with Crippen LogP contribution >= 0.6 is 0 Å². The summed E-state index contributed by atoms with van der Waals surface area (Å²) in [4.78, 5) is 47.4. The lowest BCUT2D eigenvalue weighted by atomic mass is 9.96. The Morgan fingerprint density at radius 2 is 0.590 bits per heavy atom. The van der Waals surface area contributed by atoms with Crippen LogP contribution in [0.2, 0.25) is 0 Å². The standard InChI is InChI=1S/2C45H27N5/c1-4-35-27-46-23-20-36(35)37(6-1)42-19-14-30-12-13-32(26-43(30)50-42)31-15-17-41-33(24-31)16-18-40(49-41)29-10-8-28(9-11-29)39-25-34-5-2-21-47-44(34)45-38(39)7-3-22-48-45;1-3-35-27-46-23-20-37(35)38(5-1)42-19-13-30-10-11-33(26-43(30)50-42)32-14-17-41-34(25-32)15-18-40(49-41)29-8-6-28(7-9-29)36-21-24-48-45-39(36)16-12-31-4-2-22-47-44(31)45/h2*1-27H. The van der Waals surface area contributed by atoms with Gasteiger partial charge in [-0.3, -0.25) is 29.9 Å². The summed E-state index contributed by atoms with van der Waals surface area (Å²) in [6.45, 7) is 0. The first-order valence-electron chi connectivity index (χ1n) is 33.3. The van der Waals surface area contributed by atoms with Crippen molar-refractivity contribution in [2.24, 2.45) is 0 Å². The first-order chi connectivity index (χ1) is 49.5. The van der Waals surface area contributed by atoms with E-state index in [-0.39, 0.29) is 0 Å². The molecule has 0 aliphatic rings. The molecule has 0 aliphatic heterocycles. The maximum Gasteiger partial charge on any atom is 0.0970 e. The Bertz CT molecular complexity index is 6640. The van der Waals surface area contributed by atoms with Gasteiger partial charge in [0.2, 0.25) is 0 Å². The van der Waals surface area contributed by atoms with Crippen LogP contribution in [0.1, 0.15) is 0 Å². The number of benzene rings is 10. The highest BCUT2D eigenvalue weighted by Crippen LogP contribution is 2.39. The molecule has 0 aliphatic carbocycles. The summed E-state index contributed by atoms with van der Waals surface area (Å²) in [6, 6.07) is 97.7. The Morgan fingerprint density at radius 1 is 0.180 bits per heavy atom. The van der Waals surface area contributed by atoms with Crippen molar-refractivity contribution in [3.63, 3.8) is 0 Å². The molecule has 10 nitrogen and oxygen atoms in total. The smallest absolute Gasteiger partial charge is 0.0970 e. The van der Waals surface area contributed by atoms with Gasteiger partial charge in [0.05, 0.1) is 66.9 Å². The molecule has 0 radical (unpaired) electrons. The summed E-state index contributed by atoms with van der Waals surface area (Å²) < 4.78 is 0. The second kappa shape index (κ2) is 24.2. The SMILES string of the molecule is c1cc(-c2ccc3ccc(-c4ccc5nc(-c6ccc(-c7cc8cccnc8c8ncccc78)cc6)ccc5c4)cc3n2)c2ccncc2c1.c1cc(-c2ccc3ccc(-c4ccc5nc(-c6ccc(-c7ccnc8c7ccc7cccnc78)cc6)ccc5c4)cc3n2)c2ccncc2c1. The second-order valence-corrected chi connectivity index (χ2v) is 25.2. The van der Waals surface area contributed by atoms with Gasteiger partial charge in [0.15, 0.2) is 0 Å². The Balaban J connectivity index is 0.000000139. The Kier molecular flexibility index (Phi) is 14.0. The predicted molar refractivity (Wildman–Crippen MR) is 409 cm³/mol. The van der Waals surface area contributed by atoms with E-state index in [0.29, 0.717) is 0 Å². The fourth-order valence-electron chi connectivity index (χ4n) is 14.2. The van der Waals surface area contributed by atoms with Gasteiger partial charge in [-0.05, 0) is 158 Å². The molecule has 10 aromatic heterocycles. The van der Waals surface area contributed by atoms with Crippen molar-refractivity contribution in [1.29, 1.82) is 0 Å². The van der Waals surface area contributed by atoms with E-state index in [1.807, 2.05) is 67.8 Å². The van der Waals surface area contributed by atoms with Crippen LogP contribution in [0.25, 0.3) is 198 Å². The minimum atomic E-state index is 0.920. The van der Waals surface area contributed by atoms with Crippen LogP contribution in [-0.4, -0.2) is 49.8 Å². The summed E-state index contributed by atoms with van der Waals surface area (Å²) in [7, 11) is 0. The summed E-state index contributed by atoms with van der Waals surface area (Å²) >= 11 is 0. The van der Waals surface area contributed by atoms with Crippen LogP contribution in [0.15, 0.2) is 329 Å². The number of nitrogens with zero attached hydrogens (tertiary/aromatic N) is 10. The maximum absolute atomic E-state index is 5.10. The highest BCUT2D eigenvalue weighted by atomic mass is 14.8. The van der Waals surface area contributed by atoms with E-state index >= 15 is 0 Å². The normalized spacial score (nSPS) is 11.6. The number of aromatic nitrogens is 10. The van der Waals surface area contributed by atoms with Crippen LogP contribution in [0.5, 0.6) is 0 Å². The second-order valence-electron chi connectivity index (χ2n) is 25.2. The zero-order valence-corrected chi connectivity index (χ0v) is 53.6. The molecular formula is C90H54N10. The monoisotopic (exact) mass is 1270 g/mol. The summed E-state index contributed by atoms with van der Waals surface area (Å²) in [5, 5.41) is 13.3. The van der Waals surface area contributed by atoms with Crippen molar-refractivity contribution in [2.45, 2.75) is 0 Å². The largest absolute Gasteiger partial charge is 0.264 e. The lowest BCUT2D eigenvalue weighted by Gasteiger charge is -2.11. The van der Waals surface area contributed by atoms with E-state index in [9.17, 15) is 0 Å². The van der Waals surface area contributed by atoms with Crippen LogP contribution in [-0.2, 0) is 0 Å². The van der Waals surface area contributed by atoms with Crippen molar-refractivity contribution < 1.29 is 0 Å². The number of pyridine rings is 10. The van der Waals surface area contributed by atoms with Gasteiger partial charge in [0.1, 0.15) is 0 Å². The highest BCUT2D eigenvalue weighted by Gasteiger charge is 2.16. The highest BCUT2D eigenvalue weighted by molar-refractivity contribution is 6.11. The lowest BCUT2D eigenvalue weighted by Crippen LogP contribution is -1.90. The number of hydrogen-bond acceptors (Lipinski definition) is 10. The fraction of sp³-hybridized carbons (Fsp3) is 0. The molecule has 20 rings (SSSR count). The quantitative estimate of drug-likeness (QED) is 0.136. The van der Waals surface area contributed by atoms with Crippen LogP contribution < -0.4 is 0 Å². The van der Waals surface area contributed by atoms with E-state index in [1.165, 1.54) is 0 Å². The number of rotatable bonds is 8. The Morgan fingerprint density at radius 3 is 1.17 bits per heavy atom. The number of hydrogen-bond donors (Lipinski definition) is 0. The zero-order chi connectivity index (χ0) is 66.0. The molecule has 0 N–H and O–H groups in total. The molecule has 100 heavy (non-hydrogen) atoms. The average Bonchev–Trinajstić information content (AvgIpc) is 0.792. The van der Waals surface area contributed by atoms with Gasteiger partial charge in [-0.1, -0.05) is 176 Å². The third-order valence-corrected chi connectivity index (χ3v) is 19.3. The van der Waals surface area contributed by atoms with E-state index in [0.717, 1.165) is 198 Å².